The van der Waals surface area contributed by atoms with Crippen LogP contribution in [-0.4, -0.2) is 49.0 Å². The summed E-state index contributed by atoms with van der Waals surface area (Å²) in [5, 5.41) is 8.58. The smallest absolute Gasteiger partial charge is 0.383 e. The monoisotopic (exact) mass is 511 g/mol. The molecular formula is C26H30ClN3O4Si. The maximum Gasteiger partial charge on any atom is 0.383 e. The topological polar surface area (TPSA) is 82.4 Å². The Morgan fingerprint density at radius 1 is 1.14 bits per heavy atom. The first-order valence-corrected chi connectivity index (χ1v) is 15.0. The maximum atomic E-state index is 13.1. The molecule has 0 aliphatic heterocycles. The van der Waals surface area contributed by atoms with E-state index in [2.05, 4.69) is 21.9 Å². The van der Waals surface area contributed by atoms with Gasteiger partial charge in [-0.05, 0) is 49.2 Å². The molecule has 0 saturated carbocycles. The Kier molecular flexibility index (Phi) is 7.63. The molecule has 35 heavy (non-hydrogen) atoms. The van der Waals surface area contributed by atoms with Gasteiger partial charge in [0.1, 0.15) is 20.4 Å². The molecule has 3 rings (SSSR count). The Labute approximate surface area is 211 Å². The number of hydrogen-bond acceptors (Lipinski definition) is 5. The molecule has 1 aromatic heterocycles. The van der Waals surface area contributed by atoms with Gasteiger partial charge in [0.15, 0.2) is 5.69 Å². The molecule has 1 N–H and O–H groups in total. The number of ether oxygens (including phenoxy) is 2. The predicted octanol–water partition coefficient (Wildman–Crippen LogP) is 4.83. The Morgan fingerprint density at radius 2 is 1.80 bits per heavy atom. The van der Waals surface area contributed by atoms with Crippen LogP contribution >= 0.6 is 11.6 Å². The third-order valence-corrected chi connectivity index (χ3v) is 6.28. The number of hydrogen-bond donors (Lipinski definition) is 1. The van der Waals surface area contributed by atoms with E-state index in [1.54, 1.807) is 32.7 Å². The van der Waals surface area contributed by atoms with E-state index in [1.807, 2.05) is 56.0 Å². The fraction of sp³-hybridized carbons (Fsp3) is 0.346. The lowest BCUT2D eigenvalue weighted by Gasteiger charge is -2.24. The van der Waals surface area contributed by atoms with E-state index in [-0.39, 0.29) is 12.5 Å². The molecule has 1 amide bonds. The minimum atomic E-state index is -1.68. The zero-order valence-corrected chi connectivity index (χ0v) is 22.8. The van der Waals surface area contributed by atoms with Crippen LogP contribution in [0.2, 0.25) is 24.7 Å². The second-order valence-electron chi connectivity index (χ2n) is 9.97. The van der Waals surface area contributed by atoms with Crippen molar-refractivity contribution in [3.63, 3.8) is 0 Å². The lowest BCUT2D eigenvalue weighted by Crippen LogP contribution is -2.47. The van der Waals surface area contributed by atoms with Gasteiger partial charge in [0, 0.05) is 18.4 Å². The third-order valence-electron chi connectivity index (χ3n) is 5.11. The lowest BCUT2D eigenvalue weighted by atomic mass is 10.0. The van der Waals surface area contributed by atoms with Crippen molar-refractivity contribution in [2.45, 2.75) is 39.0 Å². The predicted molar refractivity (Wildman–Crippen MR) is 141 cm³/mol. The summed E-state index contributed by atoms with van der Waals surface area (Å²) in [6.07, 6.45) is 0. The zero-order chi connectivity index (χ0) is 26.0. The van der Waals surface area contributed by atoms with Gasteiger partial charge in [0.2, 0.25) is 0 Å². The molecule has 0 spiro atoms. The standard InChI is InChI=1S/C26H30ClN3O4Si/c1-26(2,16-34-23(31)12-13-35(5,6)7)28-25(32)24-19-10-8-18(15-21(19)30(3)29-24)17-9-11-22(33-4)20(27)14-17/h8-11,14-15H,16H2,1-7H3,(H,28,32). The number of methoxy groups -OCH3 is 1. The van der Waals surface area contributed by atoms with Gasteiger partial charge in [-0.25, -0.2) is 4.79 Å². The largest absolute Gasteiger partial charge is 0.495 e. The second kappa shape index (κ2) is 10.1. The Morgan fingerprint density at radius 3 is 2.43 bits per heavy atom. The molecule has 0 bridgehead atoms. The fourth-order valence-corrected chi connectivity index (χ4v) is 4.11. The highest BCUT2D eigenvalue weighted by Crippen LogP contribution is 2.32. The van der Waals surface area contributed by atoms with Gasteiger partial charge >= 0.3 is 5.97 Å². The van der Waals surface area contributed by atoms with Crippen LogP contribution in [-0.2, 0) is 16.6 Å². The number of carbonyl (C=O) groups is 2. The van der Waals surface area contributed by atoms with E-state index in [0.29, 0.717) is 21.9 Å². The minimum absolute atomic E-state index is 0.00883. The minimum Gasteiger partial charge on any atom is -0.495 e. The van der Waals surface area contributed by atoms with E-state index in [9.17, 15) is 9.59 Å². The molecule has 0 aliphatic rings. The average Bonchev–Trinajstić information content (AvgIpc) is 3.11. The molecule has 0 saturated heterocycles. The van der Waals surface area contributed by atoms with E-state index < -0.39 is 19.6 Å². The second-order valence-corrected chi connectivity index (χ2v) is 15.1. The highest BCUT2D eigenvalue weighted by Gasteiger charge is 2.26. The first-order valence-electron chi connectivity index (χ1n) is 11.1. The van der Waals surface area contributed by atoms with Crippen LogP contribution < -0.4 is 10.1 Å². The Hall–Kier alpha value is -3.28. The summed E-state index contributed by atoms with van der Waals surface area (Å²) >= 11 is 6.29. The fourth-order valence-electron chi connectivity index (χ4n) is 3.37. The van der Waals surface area contributed by atoms with Crippen molar-refractivity contribution in [2.75, 3.05) is 13.7 Å². The zero-order valence-electron chi connectivity index (χ0n) is 21.1. The number of fused-ring (bicyclic) bond motifs is 1. The van der Waals surface area contributed by atoms with E-state index in [4.69, 9.17) is 21.1 Å². The number of nitrogens with one attached hydrogen (secondary N) is 1. The van der Waals surface area contributed by atoms with Crippen molar-refractivity contribution >= 4 is 42.5 Å². The molecule has 0 radical (unpaired) electrons. The summed E-state index contributed by atoms with van der Waals surface area (Å²) in [7, 11) is 1.68. The molecule has 2 aromatic carbocycles. The van der Waals surface area contributed by atoms with E-state index in [0.717, 1.165) is 16.6 Å². The number of amides is 1. The van der Waals surface area contributed by atoms with Gasteiger partial charge in [0.25, 0.3) is 5.91 Å². The number of carbonyl (C=O) groups excluding carboxylic acids is 2. The van der Waals surface area contributed by atoms with Gasteiger partial charge < -0.3 is 14.8 Å². The van der Waals surface area contributed by atoms with Crippen LogP contribution in [0.4, 0.5) is 0 Å². The first-order chi connectivity index (χ1) is 16.3. The average molecular weight is 512 g/mol. The summed E-state index contributed by atoms with van der Waals surface area (Å²) in [5.41, 5.74) is 5.11. The molecule has 0 atom stereocenters. The molecule has 9 heteroatoms. The highest BCUT2D eigenvalue weighted by atomic mass is 35.5. The number of rotatable bonds is 6. The molecular weight excluding hydrogens is 482 g/mol. The lowest BCUT2D eigenvalue weighted by molar-refractivity contribution is -0.138. The van der Waals surface area contributed by atoms with Crippen LogP contribution in [0.25, 0.3) is 22.0 Å². The summed E-state index contributed by atoms with van der Waals surface area (Å²) in [6, 6.07) is 11.3. The summed E-state index contributed by atoms with van der Waals surface area (Å²) in [5.74, 6) is 2.20. The molecule has 1 heterocycles. The molecule has 0 fully saturated rings. The van der Waals surface area contributed by atoms with Gasteiger partial charge in [-0.1, -0.05) is 43.4 Å². The number of halogens is 1. The number of nitrogens with zero attached hydrogens (tertiary/aromatic N) is 2. The SMILES string of the molecule is COc1ccc(-c2ccc3c(C(=O)NC(C)(C)COC(=O)C#C[Si](C)(C)C)nn(C)c3c2)cc1Cl. The molecule has 3 aromatic rings. The van der Waals surface area contributed by atoms with Crippen molar-refractivity contribution in [3.05, 3.63) is 47.1 Å². The van der Waals surface area contributed by atoms with E-state index >= 15 is 0 Å². The van der Waals surface area contributed by atoms with Crippen LogP contribution in [0.5, 0.6) is 5.75 Å². The normalized spacial score (nSPS) is 11.5. The number of benzene rings is 2. The molecule has 0 unspecified atom stereocenters. The molecule has 184 valence electrons. The van der Waals surface area contributed by atoms with Gasteiger partial charge in [-0.2, -0.15) is 5.10 Å². The van der Waals surface area contributed by atoms with Gasteiger partial charge in [-0.15, -0.1) is 5.54 Å². The maximum absolute atomic E-state index is 13.1. The molecule has 7 nitrogen and oxygen atoms in total. The van der Waals surface area contributed by atoms with Crippen molar-refractivity contribution in [2.24, 2.45) is 7.05 Å². The van der Waals surface area contributed by atoms with Crippen LogP contribution in [0.1, 0.15) is 24.3 Å². The summed E-state index contributed by atoms with van der Waals surface area (Å²) in [4.78, 5) is 25.0. The van der Waals surface area contributed by atoms with Gasteiger partial charge in [-0.3, -0.25) is 9.48 Å². The number of aromatic nitrogens is 2. The third kappa shape index (κ3) is 6.65. The van der Waals surface area contributed by atoms with E-state index in [1.165, 1.54) is 0 Å². The van der Waals surface area contributed by atoms with Crippen molar-refractivity contribution < 1.29 is 19.1 Å². The van der Waals surface area contributed by atoms with Crippen LogP contribution in [0, 0.1) is 11.5 Å². The first kappa shape index (κ1) is 26.3. The van der Waals surface area contributed by atoms with Crippen LogP contribution in [0.3, 0.4) is 0 Å². The number of aryl methyl sites for hydroxylation is 1. The highest BCUT2D eigenvalue weighted by molar-refractivity contribution is 6.84. The quantitative estimate of drug-likeness (QED) is 0.291. The Bertz CT molecular complexity index is 1350. The van der Waals surface area contributed by atoms with Crippen molar-refractivity contribution in [3.8, 4) is 28.3 Å². The molecule has 0 aliphatic carbocycles. The number of esters is 1. The Balaban J connectivity index is 1.78. The van der Waals surface area contributed by atoms with Crippen molar-refractivity contribution in [1.29, 1.82) is 0 Å². The summed E-state index contributed by atoms with van der Waals surface area (Å²) in [6.45, 7) is 9.68. The van der Waals surface area contributed by atoms with Gasteiger partial charge in [0.05, 0.1) is 23.2 Å². The van der Waals surface area contributed by atoms with Crippen molar-refractivity contribution in [1.82, 2.24) is 15.1 Å². The van der Waals surface area contributed by atoms with Crippen LogP contribution in [0.15, 0.2) is 36.4 Å². The summed E-state index contributed by atoms with van der Waals surface area (Å²) < 4.78 is 12.2.